The van der Waals surface area contributed by atoms with Gasteiger partial charge in [0.05, 0.1) is 31.8 Å². The first-order valence-electron chi connectivity index (χ1n) is 4.67. The van der Waals surface area contributed by atoms with Crippen molar-refractivity contribution in [2.75, 3.05) is 7.11 Å². The predicted octanol–water partition coefficient (Wildman–Crippen LogP) is -0.0635. The number of aliphatic carboxylic acids is 1. The predicted molar refractivity (Wildman–Crippen MR) is 52.6 cm³/mol. The molecule has 1 aromatic rings. The summed E-state index contributed by atoms with van der Waals surface area (Å²) in [6.45, 7) is 0. The number of hydrogen-bond donors (Lipinski definition) is 1. The first-order valence-corrected chi connectivity index (χ1v) is 4.67. The second kappa shape index (κ2) is 5.24. The van der Waals surface area contributed by atoms with E-state index in [2.05, 4.69) is 15.0 Å². The average molecular weight is 227 g/mol. The maximum absolute atomic E-state index is 11.1. The molecule has 88 valence electrons. The highest BCUT2D eigenvalue weighted by atomic mass is 16.5. The highest BCUT2D eigenvalue weighted by Gasteiger charge is 2.22. The molecule has 1 rings (SSSR count). The molecule has 0 spiro atoms. The van der Waals surface area contributed by atoms with E-state index in [9.17, 15) is 9.59 Å². The van der Waals surface area contributed by atoms with Gasteiger partial charge in [0, 0.05) is 13.0 Å². The number of carbonyl (C=O) groups excluding carboxylic acids is 1. The Morgan fingerprint density at radius 3 is 2.69 bits per heavy atom. The Morgan fingerprint density at radius 1 is 1.56 bits per heavy atom. The van der Waals surface area contributed by atoms with Crippen molar-refractivity contribution in [2.45, 2.75) is 18.8 Å². The lowest BCUT2D eigenvalue weighted by Gasteiger charge is -2.12. The van der Waals surface area contributed by atoms with Gasteiger partial charge in [-0.1, -0.05) is 5.21 Å². The van der Waals surface area contributed by atoms with Crippen LogP contribution >= 0.6 is 0 Å². The first kappa shape index (κ1) is 12.2. The van der Waals surface area contributed by atoms with Crippen LogP contribution in [0.3, 0.4) is 0 Å². The first-order chi connectivity index (χ1) is 7.54. The minimum atomic E-state index is -0.977. The van der Waals surface area contributed by atoms with Crippen molar-refractivity contribution in [1.82, 2.24) is 15.0 Å². The van der Waals surface area contributed by atoms with Crippen molar-refractivity contribution in [3.8, 4) is 0 Å². The molecule has 0 aliphatic rings. The molecule has 1 unspecified atom stereocenters. The smallest absolute Gasteiger partial charge is 0.306 e. The number of rotatable bonds is 5. The van der Waals surface area contributed by atoms with Gasteiger partial charge < -0.3 is 9.84 Å². The van der Waals surface area contributed by atoms with E-state index in [-0.39, 0.29) is 12.8 Å². The molecule has 1 N–H and O–H groups in total. The van der Waals surface area contributed by atoms with Crippen LogP contribution in [0.2, 0.25) is 0 Å². The molecule has 1 heterocycles. The number of nitrogens with zero attached hydrogens (tertiary/aromatic N) is 3. The summed E-state index contributed by atoms with van der Waals surface area (Å²) < 4.78 is 5.97. The van der Waals surface area contributed by atoms with Crippen LogP contribution in [-0.2, 0) is 21.4 Å². The molecule has 0 bridgehead atoms. The zero-order chi connectivity index (χ0) is 12.1. The van der Waals surface area contributed by atoms with Crippen molar-refractivity contribution in [1.29, 1.82) is 0 Å². The molecular weight excluding hydrogens is 214 g/mol. The Labute approximate surface area is 92.0 Å². The summed E-state index contributed by atoms with van der Waals surface area (Å²) in [5.41, 5.74) is 0.604. The zero-order valence-electron chi connectivity index (χ0n) is 9.08. The summed E-state index contributed by atoms with van der Waals surface area (Å²) in [5.74, 6) is -1.90. The van der Waals surface area contributed by atoms with Crippen molar-refractivity contribution in [2.24, 2.45) is 7.05 Å². The fourth-order valence-electron chi connectivity index (χ4n) is 1.44. The average Bonchev–Trinajstić information content (AvgIpc) is 2.62. The second-order valence-corrected chi connectivity index (χ2v) is 3.36. The van der Waals surface area contributed by atoms with Crippen LogP contribution < -0.4 is 0 Å². The van der Waals surface area contributed by atoms with E-state index in [1.54, 1.807) is 7.05 Å². The normalized spacial score (nSPS) is 12.1. The van der Waals surface area contributed by atoms with Gasteiger partial charge in [-0.05, 0) is 0 Å². The molecule has 0 aromatic carbocycles. The SMILES string of the molecule is COC(=O)CC(CC(=O)O)c1cnnn1C. The third-order valence-corrected chi connectivity index (χ3v) is 2.23. The van der Waals surface area contributed by atoms with Gasteiger partial charge in [-0.3, -0.25) is 14.3 Å². The fraction of sp³-hybridized carbons (Fsp3) is 0.556. The number of aryl methyl sites for hydroxylation is 1. The van der Waals surface area contributed by atoms with Crippen LogP contribution in [0, 0.1) is 0 Å². The lowest BCUT2D eigenvalue weighted by Crippen LogP contribution is -2.15. The maximum atomic E-state index is 11.1. The molecule has 0 radical (unpaired) electrons. The third-order valence-electron chi connectivity index (χ3n) is 2.23. The molecule has 16 heavy (non-hydrogen) atoms. The minimum absolute atomic E-state index is 0.00398. The second-order valence-electron chi connectivity index (χ2n) is 3.36. The van der Waals surface area contributed by atoms with E-state index in [4.69, 9.17) is 5.11 Å². The molecule has 7 nitrogen and oxygen atoms in total. The highest BCUT2D eigenvalue weighted by Crippen LogP contribution is 2.22. The molecule has 0 saturated carbocycles. The van der Waals surface area contributed by atoms with Gasteiger partial charge >= 0.3 is 11.9 Å². The van der Waals surface area contributed by atoms with Crippen molar-refractivity contribution < 1.29 is 19.4 Å². The number of aromatic nitrogens is 3. The summed E-state index contributed by atoms with van der Waals surface area (Å²) in [6.07, 6.45) is 1.30. The Morgan fingerprint density at radius 2 is 2.25 bits per heavy atom. The Kier molecular flexibility index (Phi) is 3.98. The van der Waals surface area contributed by atoms with Gasteiger partial charge in [-0.15, -0.1) is 5.10 Å². The molecule has 1 aromatic heterocycles. The van der Waals surface area contributed by atoms with Gasteiger partial charge in [0.15, 0.2) is 0 Å². The summed E-state index contributed by atoms with van der Waals surface area (Å²) in [6, 6.07) is 0. The number of methoxy groups -OCH3 is 1. The van der Waals surface area contributed by atoms with E-state index >= 15 is 0 Å². The Balaban J connectivity index is 2.83. The summed E-state index contributed by atoms with van der Waals surface area (Å²) in [7, 11) is 2.91. The largest absolute Gasteiger partial charge is 0.481 e. The van der Waals surface area contributed by atoms with Crippen LogP contribution in [0.1, 0.15) is 24.5 Å². The molecule has 0 aliphatic heterocycles. The molecule has 0 aliphatic carbocycles. The summed E-state index contributed by atoms with van der Waals surface area (Å²) >= 11 is 0. The zero-order valence-corrected chi connectivity index (χ0v) is 9.08. The maximum Gasteiger partial charge on any atom is 0.306 e. The minimum Gasteiger partial charge on any atom is -0.481 e. The highest BCUT2D eigenvalue weighted by molar-refractivity contribution is 5.73. The van der Waals surface area contributed by atoms with E-state index in [1.807, 2.05) is 0 Å². The van der Waals surface area contributed by atoms with Crippen LogP contribution in [0.25, 0.3) is 0 Å². The van der Waals surface area contributed by atoms with E-state index < -0.39 is 17.9 Å². The quantitative estimate of drug-likeness (QED) is 0.708. The van der Waals surface area contributed by atoms with Gasteiger partial charge in [0.2, 0.25) is 0 Å². The van der Waals surface area contributed by atoms with Gasteiger partial charge in [-0.2, -0.15) is 0 Å². The summed E-state index contributed by atoms with van der Waals surface area (Å²) in [5, 5.41) is 16.1. The monoisotopic (exact) mass is 227 g/mol. The summed E-state index contributed by atoms with van der Waals surface area (Å²) in [4.78, 5) is 21.8. The van der Waals surface area contributed by atoms with Gasteiger partial charge in [-0.25, -0.2) is 0 Å². The number of carboxylic acid groups (broad SMARTS) is 1. The Bertz CT molecular complexity index is 388. The van der Waals surface area contributed by atoms with Crippen LogP contribution in [0.15, 0.2) is 6.20 Å². The van der Waals surface area contributed by atoms with Crippen molar-refractivity contribution >= 4 is 11.9 Å². The van der Waals surface area contributed by atoms with E-state index in [1.165, 1.54) is 18.0 Å². The van der Waals surface area contributed by atoms with E-state index in [0.29, 0.717) is 5.69 Å². The lowest BCUT2D eigenvalue weighted by molar-refractivity contribution is -0.142. The fourth-order valence-corrected chi connectivity index (χ4v) is 1.44. The van der Waals surface area contributed by atoms with E-state index in [0.717, 1.165) is 0 Å². The number of hydrogen-bond acceptors (Lipinski definition) is 5. The van der Waals surface area contributed by atoms with Crippen LogP contribution in [0.4, 0.5) is 0 Å². The molecule has 0 saturated heterocycles. The van der Waals surface area contributed by atoms with Crippen molar-refractivity contribution in [3.63, 3.8) is 0 Å². The Hall–Kier alpha value is -1.92. The van der Waals surface area contributed by atoms with Gasteiger partial charge in [0.25, 0.3) is 0 Å². The number of carboxylic acids is 1. The molecular formula is C9H13N3O4. The molecule has 1 atom stereocenters. The third kappa shape index (κ3) is 3.04. The van der Waals surface area contributed by atoms with Crippen LogP contribution in [-0.4, -0.2) is 39.1 Å². The number of esters is 1. The lowest BCUT2D eigenvalue weighted by atomic mass is 9.98. The standard InChI is InChI=1S/C9H13N3O4/c1-12-7(5-10-11-12)6(3-8(13)14)4-9(15)16-2/h5-6H,3-4H2,1-2H3,(H,13,14). The van der Waals surface area contributed by atoms with Crippen LogP contribution in [0.5, 0.6) is 0 Å². The van der Waals surface area contributed by atoms with Crippen molar-refractivity contribution in [3.05, 3.63) is 11.9 Å². The molecule has 7 heteroatoms. The number of ether oxygens (including phenoxy) is 1. The topological polar surface area (TPSA) is 94.3 Å². The number of carbonyl (C=O) groups is 2. The molecule has 0 fully saturated rings. The van der Waals surface area contributed by atoms with Gasteiger partial charge in [0.1, 0.15) is 0 Å². The molecule has 0 amide bonds.